The minimum Gasteiger partial charge on any atom is -0.368 e. The molecular weight excluding hydrogens is 264 g/mol. The Morgan fingerprint density at radius 2 is 1.86 bits per heavy atom. The Kier molecular flexibility index (Phi) is 4.12. The van der Waals surface area contributed by atoms with Crippen molar-refractivity contribution in [1.82, 2.24) is 15.0 Å². The molecule has 21 heavy (non-hydrogen) atoms. The second-order valence-corrected chi connectivity index (χ2v) is 6.53. The van der Waals surface area contributed by atoms with E-state index in [1.807, 2.05) is 0 Å². The van der Waals surface area contributed by atoms with Crippen molar-refractivity contribution in [3.05, 3.63) is 0 Å². The van der Waals surface area contributed by atoms with E-state index >= 15 is 0 Å². The van der Waals surface area contributed by atoms with Gasteiger partial charge in [-0.1, -0.05) is 0 Å². The largest absolute Gasteiger partial charge is 0.368 e. The van der Waals surface area contributed by atoms with E-state index in [0.29, 0.717) is 12.0 Å². The standard InChI is InChI=1S/C15H26N6/c1-11(2)21(10-12-6-7-12)15-18-13(16)17-14(19-15)20-8-4-3-5-9-20/h11-12H,3-10H2,1-2H3,(H2,16,17,18,19). The molecule has 6 nitrogen and oxygen atoms in total. The summed E-state index contributed by atoms with van der Waals surface area (Å²) in [7, 11) is 0. The normalized spacial score (nSPS) is 19.1. The Balaban J connectivity index is 1.84. The van der Waals surface area contributed by atoms with Crippen molar-refractivity contribution in [3.8, 4) is 0 Å². The van der Waals surface area contributed by atoms with E-state index in [2.05, 4.69) is 33.6 Å². The number of nitrogen functional groups attached to an aromatic ring is 1. The number of piperidine rings is 1. The van der Waals surface area contributed by atoms with Gasteiger partial charge in [-0.15, -0.1) is 0 Å². The summed E-state index contributed by atoms with van der Waals surface area (Å²) in [5.41, 5.74) is 5.93. The minimum atomic E-state index is 0.335. The summed E-state index contributed by atoms with van der Waals surface area (Å²) >= 11 is 0. The maximum atomic E-state index is 5.93. The predicted molar refractivity (Wildman–Crippen MR) is 85.5 cm³/mol. The molecule has 2 aliphatic rings. The van der Waals surface area contributed by atoms with E-state index in [9.17, 15) is 0 Å². The first kappa shape index (κ1) is 14.4. The fourth-order valence-electron chi connectivity index (χ4n) is 2.84. The van der Waals surface area contributed by atoms with Crippen LogP contribution in [0.1, 0.15) is 46.0 Å². The van der Waals surface area contributed by atoms with Gasteiger partial charge in [0.2, 0.25) is 17.8 Å². The lowest BCUT2D eigenvalue weighted by Gasteiger charge is -2.30. The molecule has 6 heteroatoms. The van der Waals surface area contributed by atoms with E-state index in [-0.39, 0.29) is 0 Å². The summed E-state index contributed by atoms with van der Waals surface area (Å²) in [6.07, 6.45) is 6.35. The van der Waals surface area contributed by atoms with Crippen LogP contribution in [0.5, 0.6) is 0 Å². The van der Waals surface area contributed by atoms with Crippen LogP contribution in [0.4, 0.5) is 17.8 Å². The number of hydrogen-bond donors (Lipinski definition) is 1. The molecule has 2 fully saturated rings. The quantitative estimate of drug-likeness (QED) is 0.895. The number of hydrogen-bond acceptors (Lipinski definition) is 6. The van der Waals surface area contributed by atoms with Gasteiger partial charge in [0.1, 0.15) is 0 Å². The summed E-state index contributed by atoms with van der Waals surface area (Å²) < 4.78 is 0. The molecule has 0 bridgehead atoms. The zero-order valence-electron chi connectivity index (χ0n) is 13.1. The first-order valence-corrected chi connectivity index (χ1v) is 8.16. The second kappa shape index (κ2) is 6.03. The second-order valence-electron chi connectivity index (χ2n) is 6.53. The molecule has 2 heterocycles. The average Bonchev–Trinajstić information content (AvgIpc) is 3.29. The van der Waals surface area contributed by atoms with Gasteiger partial charge in [-0.05, 0) is 51.9 Å². The Morgan fingerprint density at radius 1 is 1.14 bits per heavy atom. The predicted octanol–water partition coefficient (Wildman–Crippen LogP) is 2.07. The van der Waals surface area contributed by atoms with Crippen LogP contribution < -0.4 is 15.5 Å². The first-order valence-electron chi connectivity index (χ1n) is 8.16. The van der Waals surface area contributed by atoms with Crippen molar-refractivity contribution >= 4 is 17.8 Å². The summed E-state index contributed by atoms with van der Waals surface area (Å²) in [6.45, 7) is 7.44. The van der Waals surface area contributed by atoms with Gasteiger partial charge in [0.05, 0.1) is 0 Å². The highest BCUT2D eigenvalue weighted by atomic mass is 15.4. The van der Waals surface area contributed by atoms with Gasteiger partial charge in [0.25, 0.3) is 0 Å². The van der Waals surface area contributed by atoms with Crippen molar-refractivity contribution in [2.75, 3.05) is 35.2 Å². The highest BCUT2D eigenvalue weighted by molar-refractivity contribution is 5.44. The summed E-state index contributed by atoms with van der Waals surface area (Å²) in [5.74, 6) is 2.62. The molecule has 0 spiro atoms. The van der Waals surface area contributed by atoms with E-state index < -0.39 is 0 Å². The third-order valence-electron chi connectivity index (χ3n) is 4.30. The molecule has 2 N–H and O–H groups in total. The number of nitrogens with zero attached hydrogens (tertiary/aromatic N) is 5. The zero-order chi connectivity index (χ0) is 14.8. The van der Waals surface area contributed by atoms with E-state index in [1.54, 1.807) is 0 Å². The molecule has 0 unspecified atom stereocenters. The van der Waals surface area contributed by atoms with Crippen LogP contribution in [0.2, 0.25) is 0 Å². The maximum Gasteiger partial charge on any atom is 0.232 e. The molecule has 1 saturated heterocycles. The number of rotatable bonds is 5. The lowest BCUT2D eigenvalue weighted by Crippen LogP contribution is -2.36. The van der Waals surface area contributed by atoms with Gasteiger partial charge in [-0.25, -0.2) is 0 Å². The Bertz CT molecular complexity index is 479. The van der Waals surface area contributed by atoms with Gasteiger partial charge in [0, 0.05) is 25.7 Å². The molecule has 1 aliphatic heterocycles. The van der Waals surface area contributed by atoms with Gasteiger partial charge >= 0.3 is 0 Å². The molecule has 1 aliphatic carbocycles. The average molecular weight is 290 g/mol. The van der Waals surface area contributed by atoms with Gasteiger partial charge in [-0.3, -0.25) is 0 Å². The van der Waals surface area contributed by atoms with Crippen LogP contribution in [0, 0.1) is 5.92 Å². The first-order chi connectivity index (χ1) is 10.1. The van der Waals surface area contributed by atoms with Gasteiger partial charge < -0.3 is 15.5 Å². The number of aromatic nitrogens is 3. The van der Waals surface area contributed by atoms with Crippen LogP contribution in [0.15, 0.2) is 0 Å². The Labute approximate surface area is 126 Å². The monoisotopic (exact) mass is 290 g/mol. The summed E-state index contributed by atoms with van der Waals surface area (Å²) in [5, 5.41) is 0. The lowest BCUT2D eigenvalue weighted by atomic mass is 10.1. The van der Waals surface area contributed by atoms with Crippen molar-refractivity contribution in [3.63, 3.8) is 0 Å². The van der Waals surface area contributed by atoms with Crippen molar-refractivity contribution < 1.29 is 0 Å². The molecule has 1 aromatic rings. The van der Waals surface area contributed by atoms with E-state index in [4.69, 9.17) is 10.7 Å². The molecule has 0 amide bonds. The molecule has 1 aromatic heterocycles. The number of nitrogens with two attached hydrogens (primary N) is 1. The highest BCUT2D eigenvalue weighted by Crippen LogP contribution is 2.32. The summed E-state index contributed by atoms with van der Waals surface area (Å²) in [6, 6.07) is 0.376. The van der Waals surface area contributed by atoms with Gasteiger partial charge in [-0.2, -0.15) is 15.0 Å². The minimum absolute atomic E-state index is 0.335. The fourth-order valence-corrected chi connectivity index (χ4v) is 2.84. The van der Waals surface area contributed by atoms with Crippen molar-refractivity contribution in [1.29, 1.82) is 0 Å². The van der Waals surface area contributed by atoms with Crippen LogP contribution in [0.3, 0.4) is 0 Å². The SMILES string of the molecule is CC(C)N(CC1CC1)c1nc(N)nc(N2CCCCC2)n1. The summed E-state index contributed by atoms with van der Waals surface area (Å²) in [4.78, 5) is 17.9. The molecule has 3 rings (SSSR count). The molecular formula is C15H26N6. The van der Waals surface area contributed by atoms with E-state index in [0.717, 1.165) is 37.4 Å². The van der Waals surface area contributed by atoms with Crippen LogP contribution in [-0.4, -0.2) is 40.6 Å². The third kappa shape index (κ3) is 3.54. The van der Waals surface area contributed by atoms with E-state index in [1.165, 1.54) is 32.1 Å². The maximum absolute atomic E-state index is 5.93. The highest BCUT2D eigenvalue weighted by Gasteiger charge is 2.28. The third-order valence-corrected chi connectivity index (χ3v) is 4.30. The van der Waals surface area contributed by atoms with Crippen LogP contribution in [-0.2, 0) is 0 Å². The lowest BCUT2D eigenvalue weighted by molar-refractivity contribution is 0.565. The molecule has 116 valence electrons. The number of anilines is 3. The smallest absolute Gasteiger partial charge is 0.232 e. The van der Waals surface area contributed by atoms with Gasteiger partial charge in [0.15, 0.2) is 0 Å². The van der Waals surface area contributed by atoms with Crippen LogP contribution in [0.25, 0.3) is 0 Å². The van der Waals surface area contributed by atoms with Crippen molar-refractivity contribution in [2.24, 2.45) is 5.92 Å². The van der Waals surface area contributed by atoms with Crippen molar-refractivity contribution in [2.45, 2.75) is 52.0 Å². The molecule has 0 aromatic carbocycles. The zero-order valence-corrected chi connectivity index (χ0v) is 13.1. The molecule has 0 atom stereocenters. The fraction of sp³-hybridized carbons (Fsp3) is 0.800. The Hall–Kier alpha value is -1.59. The Morgan fingerprint density at radius 3 is 2.48 bits per heavy atom. The molecule has 0 radical (unpaired) electrons. The van der Waals surface area contributed by atoms with Crippen LogP contribution >= 0.6 is 0 Å². The topological polar surface area (TPSA) is 71.2 Å². The molecule has 1 saturated carbocycles.